The standard InChI is InChI=1S/C20H20N2O4/c23-14-22(13-15-4-6-17(7-5-15)20(24)21-25)19-3-1-2-18(12-19)16-8-10-26-11-9-16/h1-8,12,14,25H,9-11,13H2,(H,21,24). The highest BCUT2D eigenvalue weighted by Gasteiger charge is 2.11. The molecule has 0 saturated heterocycles. The van der Waals surface area contributed by atoms with Gasteiger partial charge in [-0.2, -0.15) is 0 Å². The monoisotopic (exact) mass is 352 g/mol. The number of amides is 2. The van der Waals surface area contributed by atoms with Gasteiger partial charge in [-0.3, -0.25) is 14.8 Å². The van der Waals surface area contributed by atoms with Crippen LogP contribution >= 0.6 is 0 Å². The molecule has 1 aliphatic heterocycles. The fraction of sp³-hybridized carbons (Fsp3) is 0.200. The third kappa shape index (κ3) is 4.17. The van der Waals surface area contributed by atoms with Crippen LogP contribution in [0.25, 0.3) is 5.57 Å². The quantitative estimate of drug-likeness (QED) is 0.476. The molecule has 0 fully saturated rings. The minimum absolute atomic E-state index is 0.349. The molecule has 26 heavy (non-hydrogen) atoms. The molecule has 0 atom stereocenters. The molecule has 0 unspecified atom stereocenters. The van der Waals surface area contributed by atoms with Crippen LogP contribution in [-0.2, 0) is 16.1 Å². The van der Waals surface area contributed by atoms with Crippen LogP contribution in [0.5, 0.6) is 0 Å². The van der Waals surface area contributed by atoms with Gasteiger partial charge in [0.2, 0.25) is 6.41 Å². The summed E-state index contributed by atoms with van der Waals surface area (Å²) >= 11 is 0. The molecule has 0 aromatic heterocycles. The number of anilines is 1. The molecule has 0 radical (unpaired) electrons. The number of carbonyl (C=O) groups is 2. The van der Waals surface area contributed by atoms with Crippen LogP contribution in [0.3, 0.4) is 0 Å². The van der Waals surface area contributed by atoms with Crippen LogP contribution in [-0.4, -0.2) is 30.7 Å². The van der Waals surface area contributed by atoms with Crippen molar-refractivity contribution in [2.75, 3.05) is 18.1 Å². The maximum Gasteiger partial charge on any atom is 0.274 e. The zero-order chi connectivity index (χ0) is 18.4. The molecular formula is C20H20N2O4. The predicted octanol–water partition coefficient (Wildman–Crippen LogP) is 2.77. The fourth-order valence-corrected chi connectivity index (χ4v) is 2.89. The zero-order valence-corrected chi connectivity index (χ0v) is 14.2. The van der Waals surface area contributed by atoms with E-state index in [-0.39, 0.29) is 0 Å². The molecule has 0 saturated carbocycles. The molecule has 3 rings (SSSR count). The first-order chi connectivity index (χ1) is 12.7. The number of nitrogens with zero attached hydrogens (tertiary/aromatic N) is 1. The molecular weight excluding hydrogens is 332 g/mol. The lowest BCUT2D eigenvalue weighted by atomic mass is 10.0. The van der Waals surface area contributed by atoms with Gasteiger partial charge in [-0.25, -0.2) is 5.48 Å². The van der Waals surface area contributed by atoms with Gasteiger partial charge >= 0.3 is 0 Å². The molecule has 6 nitrogen and oxygen atoms in total. The van der Waals surface area contributed by atoms with E-state index < -0.39 is 5.91 Å². The van der Waals surface area contributed by atoms with Gasteiger partial charge in [-0.1, -0.05) is 30.3 Å². The largest absolute Gasteiger partial charge is 0.377 e. The summed E-state index contributed by atoms with van der Waals surface area (Å²) in [6.45, 7) is 1.71. The Hall–Kier alpha value is -2.96. The van der Waals surface area contributed by atoms with E-state index in [9.17, 15) is 9.59 Å². The average Bonchev–Trinajstić information content (AvgIpc) is 2.72. The number of carbonyl (C=O) groups excluding carboxylic acids is 2. The number of benzene rings is 2. The van der Waals surface area contributed by atoms with Crippen molar-refractivity contribution in [1.29, 1.82) is 0 Å². The highest BCUT2D eigenvalue weighted by molar-refractivity contribution is 5.93. The van der Waals surface area contributed by atoms with Crippen molar-refractivity contribution in [3.8, 4) is 0 Å². The number of hydrogen-bond acceptors (Lipinski definition) is 4. The van der Waals surface area contributed by atoms with E-state index in [1.807, 2.05) is 24.3 Å². The van der Waals surface area contributed by atoms with E-state index in [1.54, 1.807) is 34.6 Å². The van der Waals surface area contributed by atoms with Crippen LogP contribution in [0.2, 0.25) is 0 Å². The van der Waals surface area contributed by atoms with Crippen molar-refractivity contribution in [1.82, 2.24) is 5.48 Å². The zero-order valence-electron chi connectivity index (χ0n) is 14.2. The summed E-state index contributed by atoms with van der Waals surface area (Å²) in [7, 11) is 0. The first-order valence-corrected chi connectivity index (χ1v) is 8.34. The number of nitrogens with one attached hydrogen (secondary N) is 1. The topological polar surface area (TPSA) is 78.9 Å². The maximum atomic E-state index is 11.6. The Labute approximate surface area is 151 Å². The van der Waals surface area contributed by atoms with Gasteiger partial charge in [0.05, 0.1) is 19.8 Å². The second-order valence-corrected chi connectivity index (χ2v) is 5.98. The van der Waals surface area contributed by atoms with Crippen molar-refractivity contribution in [3.05, 3.63) is 71.3 Å². The summed E-state index contributed by atoms with van der Waals surface area (Å²) in [4.78, 5) is 24.6. The van der Waals surface area contributed by atoms with Gasteiger partial charge in [0, 0.05) is 11.3 Å². The summed E-state index contributed by atoms with van der Waals surface area (Å²) in [5.41, 5.74) is 5.95. The Kier molecular flexibility index (Phi) is 5.78. The van der Waals surface area contributed by atoms with Crippen LogP contribution in [0.1, 0.15) is 27.9 Å². The minimum Gasteiger partial charge on any atom is -0.377 e. The minimum atomic E-state index is -0.568. The SMILES string of the molecule is O=CN(Cc1ccc(C(=O)NO)cc1)c1cccc(C2=CCOCC2)c1. The lowest BCUT2D eigenvalue weighted by molar-refractivity contribution is -0.107. The number of rotatable bonds is 6. The van der Waals surface area contributed by atoms with Crippen molar-refractivity contribution in [3.63, 3.8) is 0 Å². The van der Waals surface area contributed by atoms with Gasteiger partial charge in [0.15, 0.2) is 0 Å². The van der Waals surface area contributed by atoms with Crippen LogP contribution in [0.4, 0.5) is 5.69 Å². The molecule has 134 valence electrons. The Morgan fingerprint density at radius 2 is 2.04 bits per heavy atom. The summed E-state index contributed by atoms with van der Waals surface area (Å²) in [5.74, 6) is -0.568. The Balaban J connectivity index is 1.77. The van der Waals surface area contributed by atoms with E-state index in [4.69, 9.17) is 9.94 Å². The average molecular weight is 352 g/mol. The second-order valence-electron chi connectivity index (χ2n) is 5.98. The molecule has 1 aliphatic rings. The van der Waals surface area contributed by atoms with Crippen LogP contribution < -0.4 is 10.4 Å². The Bertz CT molecular complexity index is 815. The fourth-order valence-electron chi connectivity index (χ4n) is 2.89. The van der Waals surface area contributed by atoms with Crippen LogP contribution in [0, 0.1) is 0 Å². The van der Waals surface area contributed by atoms with Crippen molar-refractivity contribution in [2.45, 2.75) is 13.0 Å². The van der Waals surface area contributed by atoms with Crippen LogP contribution in [0.15, 0.2) is 54.6 Å². The summed E-state index contributed by atoms with van der Waals surface area (Å²) in [5, 5.41) is 8.66. The number of hydroxylamine groups is 1. The van der Waals surface area contributed by atoms with Gasteiger partial charge < -0.3 is 9.64 Å². The summed E-state index contributed by atoms with van der Waals surface area (Å²) < 4.78 is 5.35. The van der Waals surface area contributed by atoms with E-state index in [1.165, 1.54) is 5.57 Å². The van der Waals surface area contributed by atoms with Gasteiger partial charge in [-0.15, -0.1) is 0 Å². The molecule has 2 N–H and O–H groups in total. The molecule has 2 aromatic rings. The first kappa shape index (κ1) is 17.8. The molecule has 2 amide bonds. The van der Waals surface area contributed by atoms with E-state index in [0.29, 0.717) is 25.3 Å². The molecule has 2 aromatic carbocycles. The van der Waals surface area contributed by atoms with Gasteiger partial charge in [0.25, 0.3) is 5.91 Å². The smallest absolute Gasteiger partial charge is 0.274 e. The predicted molar refractivity (Wildman–Crippen MR) is 97.8 cm³/mol. The molecule has 1 heterocycles. The Morgan fingerprint density at radius 3 is 2.69 bits per heavy atom. The van der Waals surface area contributed by atoms with Crippen molar-refractivity contribution < 1.29 is 19.5 Å². The summed E-state index contributed by atoms with van der Waals surface area (Å²) in [6.07, 6.45) is 3.73. The lowest BCUT2D eigenvalue weighted by Gasteiger charge is -2.20. The molecule has 6 heteroatoms. The Morgan fingerprint density at radius 1 is 1.23 bits per heavy atom. The van der Waals surface area contributed by atoms with E-state index >= 15 is 0 Å². The van der Waals surface area contributed by atoms with E-state index in [2.05, 4.69) is 6.08 Å². The molecule has 0 spiro atoms. The van der Waals surface area contributed by atoms with Gasteiger partial charge in [0.1, 0.15) is 0 Å². The normalized spacial score (nSPS) is 13.7. The van der Waals surface area contributed by atoms with Gasteiger partial charge in [-0.05, 0) is 47.4 Å². The number of hydrogen-bond donors (Lipinski definition) is 2. The molecule has 0 aliphatic carbocycles. The highest BCUT2D eigenvalue weighted by atomic mass is 16.5. The van der Waals surface area contributed by atoms with Crippen molar-refractivity contribution in [2.24, 2.45) is 0 Å². The second kappa shape index (κ2) is 8.42. The first-order valence-electron chi connectivity index (χ1n) is 8.34. The maximum absolute atomic E-state index is 11.6. The third-order valence-electron chi connectivity index (χ3n) is 4.31. The third-order valence-corrected chi connectivity index (χ3v) is 4.31. The summed E-state index contributed by atoms with van der Waals surface area (Å²) in [6, 6.07) is 14.6. The van der Waals surface area contributed by atoms with Crippen molar-refractivity contribution >= 4 is 23.6 Å². The number of ether oxygens (including phenoxy) is 1. The van der Waals surface area contributed by atoms with E-state index in [0.717, 1.165) is 29.6 Å². The highest BCUT2D eigenvalue weighted by Crippen LogP contribution is 2.26. The molecule has 0 bridgehead atoms. The lowest BCUT2D eigenvalue weighted by Crippen LogP contribution is -2.21.